The van der Waals surface area contributed by atoms with E-state index in [-0.39, 0.29) is 5.54 Å². The van der Waals surface area contributed by atoms with E-state index < -0.39 is 0 Å². The van der Waals surface area contributed by atoms with Crippen molar-refractivity contribution in [2.75, 3.05) is 5.32 Å². The van der Waals surface area contributed by atoms with Crippen LogP contribution in [0.2, 0.25) is 0 Å². The Kier molecular flexibility index (Phi) is 6.46. The van der Waals surface area contributed by atoms with Gasteiger partial charge in [-0.25, -0.2) is 9.98 Å². The number of benzene rings is 3. The van der Waals surface area contributed by atoms with Gasteiger partial charge in [-0.1, -0.05) is 42.5 Å². The summed E-state index contributed by atoms with van der Waals surface area (Å²) >= 11 is 0. The predicted molar refractivity (Wildman–Crippen MR) is 138 cm³/mol. The maximum Gasteiger partial charge on any atom is 0.0638 e. The number of para-hydroxylation sites is 1. The highest BCUT2D eigenvalue weighted by molar-refractivity contribution is 6.19. The summed E-state index contributed by atoms with van der Waals surface area (Å²) in [6.45, 7) is 6.51. The van der Waals surface area contributed by atoms with Crippen molar-refractivity contribution in [2.24, 2.45) is 9.98 Å². The van der Waals surface area contributed by atoms with Crippen molar-refractivity contribution in [3.05, 3.63) is 114 Å². The van der Waals surface area contributed by atoms with Gasteiger partial charge in [0.05, 0.1) is 22.8 Å². The molecule has 3 heteroatoms. The van der Waals surface area contributed by atoms with Gasteiger partial charge in [-0.3, -0.25) is 0 Å². The summed E-state index contributed by atoms with van der Waals surface area (Å²) in [5.74, 6) is 0. The molecule has 1 aliphatic rings. The first-order chi connectivity index (χ1) is 15.4. The second-order valence-electron chi connectivity index (χ2n) is 8.99. The zero-order valence-corrected chi connectivity index (χ0v) is 18.9. The molecule has 0 heterocycles. The number of anilines is 1. The van der Waals surface area contributed by atoms with E-state index in [1.807, 2.05) is 54.6 Å². The fourth-order valence-electron chi connectivity index (χ4n) is 3.47. The first kappa shape index (κ1) is 21.5. The quantitative estimate of drug-likeness (QED) is 0.428. The van der Waals surface area contributed by atoms with E-state index in [1.165, 1.54) is 11.1 Å². The molecule has 3 nitrogen and oxygen atoms in total. The van der Waals surface area contributed by atoms with E-state index >= 15 is 0 Å². The monoisotopic (exact) mass is 419 g/mol. The molecule has 0 unspecified atom stereocenters. The number of allylic oxidation sites excluding steroid dienone is 4. The minimum Gasteiger partial charge on any atom is -0.380 e. The molecule has 3 aromatic rings. The molecule has 0 bridgehead atoms. The van der Waals surface area contributed by atoms with E-state index in [9.17, 15) is 0 Å². The molecule has 0 radical (unpaired) electrons. The molecule has 4 rings (SSSR count). The Labute approximate surface area is 191 Å². The van der Waals surface area contributed by atoms with Crippen LogP contribution >= 0.6 is 0 Å². The predicted octanol–water partition coefficient (Wildman–Crippen LogP) is 7.46. The summed E-state index contributed by atoms with van der Waals surface area (Å²) in [5, 5.41) is 3.50. The molecule has 0 saturated heterocycles. The van der Waals surface area contributed by atoms with Gasteiger partial charge in [0.15, 0.2) is 0 Å². The first-order valence-electron chi connectivity index (χ1n) is 11.0. The molecule has 32 heavy (non-hydrogen) atoms. The van der Waals surface area contributed by atoms with Crippen LogP contribution in [-0.2, 0) is 6.42 Å². The molecule has 0 saturated carbocycles. The summed E-state index contributed by atoms with van der Waals surface area (Å²) in [6.07, 6.45) is 8.91. The lowest BCUT2D eigenvalue weighted by Crippen LogP contribution is -2.25. The van der Waals surface area contributed by atoms with E-state index in [2.05, 4.69) is 79.6 Å². The van der Waals surface area contributed by atoms with Crippen LogP contribution in [0, 0.1) is 0 Å². The Hall–Kier alpha value is -3.72. The van der Waals surface area contributed by atoms with Crippen molar-refractivity contribution in [3.63, 3.8) is 0 Å². The van der Waals surface area contributed by atoms with E-state index in [4.69, 9.17) is 4.99 Å². The Morgan fingerprint density at radius 2 is 1.06 bits per heavy atom. The van der Waals surface area contributed by atoms with Gasteiger partial charge < -0.3 is 5.32 Å². The van der Waals surface area contributed by atoms with Crippen LogP contribution in [0.5, 0.6) is 0 Å². The van der Waals surface area contributed by atoms with Gasteiger partial charge in [-0.15, -0.1) is 0 Å². The smallest absolute Gasteiger partial charge is 0.0638 e. The summed E-state index contributed by atoms with van der Waals surface area (Å²) in [4.78, 5) is 9.35. The summed E-state index contributed by atoms with van der Waals surface area (Å²) in [5.41, 5.74) is 7.54. The highest BCUT2D eigenvalue weighted by atomic mass is 14.9. The van der Waals surface area contributed by atoms with Crippen molar-refractivity contribution in [1.82, 2.24) is 0 Å². The molecule has 0 aromatic heterocycles. The number of rotatable bonds is 5. The van der Waals surface area contributed by atoms with E-state index in [0.717, 1.165) is 34.9 Å². The Balaban J connectivity index is 1.37. The number of aliphatic imine (C=N–C) groups is 2. The summed E-state index contributed by atoms with van der Waals surface area (Å²) in [6, 6.07) is 27.1. The molecule has 1 aliphatic carbocycles. The zero-order valence-electron chi connectivity index (χ0n) is 18.9. The molecular formula is C29H29N3. The van der Waals surface area contributed by atoms with E-state index in [0.29, 0.717) is 0 Å². The average Bonchev–Trinajstić information content (AvgIpc) is 2.78. The van der Waals surface area contributed by atoms with Gasteiger partial charge in [-0.2, -0.15) is 0 Å². The first-order valence-corrected chi connectivity index (χ1v) is 11.0. The Morgan fingerprint density at radius 1 is 0.594 bits per heavy atom. The van der Waals surface area contributed by atoms with Crippen molar-refractivity contribution < 1.29 is 0 Å². The zero-order chi connectivity index (χ0) is 22.4. The lowest BCUT2D eigenvalue weighted by molar-refractivity contribution is 0.634. The summed E-state index contributed by atoms with van der Waals surface area (Å²) in [7, 11) is 0. The average molecular weight is 420 g/mol. The van der Waals surface area contributed by atoms with Gasteiger partial charge in [0.2, 0.25) is 0 Å². The molecule has 0 fully saturated rings. The number of nitrogens with one attached hydrogen (secondary N) is 1. The molecule has 0 spiro atoms. The molecule has 0 atom stereocenters. The second kappa shape index (κ2) is 9.61. The fraction of sp³-hybridized carbons (Fsp3) is 0.172. The fourth-order valence-corrected chi connectivity index (χ4v) is 3.47. The number of nitrogens with zero attached hydrogens (tertiary/aromatic N) is 2. The molecule has 1 N–H and O–H groups in total. The standard InChI is InChI=1S/C29H29N3/c1-29(2,3)32-28-15-11-23(12-16-28)21-22-9-13-25(14-10-22)31-27-19-17-26(18-20-27)30-24-7-5-4-6-8-24/h4-20,32H,21H2,1-3H3. The Bertz CT molecular complexity index is 1140. The number of hydrogen-bond donors (Lipinski definition) is 1. The van der Waals surface area contributed by atoms with Gasteiger partial charge in [0, 0.05) is 11.2 Å². The third kappa shape index (κ3) is 6.39. The van der Waals surface area contributed by atoms with Gasteiger partial charge in [0.25, 0.3) is 0 Å². The topological polar surface area (TPSA) is 36.8 Å². The maximum absolute atomic E-state index is 4.73. The van der Waals surface area contributed by atoms with E-state index in [1.54, 1.807) is 0 Å². The minimum atomic E-state index is 0.0673. The minimum absolute atomic E-state index is 0.0673. The molecule has 160 valence electrons. The van der Waals surface area contributed by atoms with Crippen molar-refractivity contribution >= 4 is 28.5 Å². The SMILES string of the molecule is CC(C)(C)Nc1ccc(Cc2ccc(N=C3C=CC(=Nc4ccccc4)C=C3)cc2)cc1. The van der Waals surface area contributed by atoms with Crippen molar-refractivity contribution in [2.45, 2.75) is 32.7 Å². The Morgan fingerprint density at radius 3 is 1.56 bits per heavy atom. The highest BCUT2D eigenvalue weighted by Crippen LogP contribution is 2.20. The van der Waals surface area contributed by atoms with Crippen LogP contribution in [0.15, 0.2) is 113 Å². The van der Waals surface area contributed by atoms with Crippen LogP contribution in [-0.4, -0.2) is 17.0 Å². The molecular weight excluding hydrogens is 390 g/mol. The third-order valence-corrected chi connectivity index (χ3v) is 4.94. The third-order valence-electron chi connectivity index (χ3n) is 4.94. The van der Waals surface area contributed by atoms with Gasteiger partial charge in [0.1, 0.15) is 0 Å². The van der Waals surface area contributed by atoms with Crippen LogP contribution in [0.4, 0.5) is 17.1 Å². The molecule has 3 aromatic carbocycles. The normalized spacial score (nSPS) is 13.2. The lowest BCUT2D eigenvalue weighted by Gasteiger charge is -2.22. The summed E-state index contributed by atoms with van der Waals surface area (Å²) < 4.78 is 0. The van der Waals surface area contributed by atoms with Crippen molar-refractivity contribution in [1.29, 1.82) is 0 Å². The molecule has 0 aliphatic heterocycles. The largest absolute Gasteiger partial charge is 0.380 e. The van der Waals surface area contributed by atoms with Crippen LogP contribution < -0.4 is 5.32 Å². The van der Waals surface area contributed by atoms with Gasteiger partial charge in [-0.05, 0) is 99.0 Å². The lowest BCUT2D eigenvalue weighted by atomic mass is 10.0. The van der Waals surface area contributed by atoms with Crippen LogP contribution in [0.1, 0.15) is 31.9 Å². The maximum atomic E-state index is 4.73. The van der Waals surface area contributed by atoms with Crippen LogP contribution in [0.25, 0.3) is 0 Å². The molecule has 0 amide bonds. The van der Waals surface area contributed by atoms with Gasteiger partial charge >= 0.3 is 0 Å². The number of hydrogen-bond acceptors (Lipinski definition) is 3. The van der Waals surface area contributed by atoms with Crippen LogP contribution in [0.3, 0.4) is 0 Å². The second-order valence-corrected chi connectivity index (χ2v) is 8.99. The highest BCUT2D eigenvalue weighted by Gasteiger charge is 2.08. The van der Waals surface area contributed by atoms with Crippen molar-refractivity contribution in [3.8, 4) is 0 Å².